The molecule has 0 bridgehead atoms. The molecular weight excluding hydrogens is 203 g/mol. The van der Waals surface area contributed by atoms with Gasteiger partial charge in [0.25, 0.3) is 0 Å². The molecule has 0 spiro atoms. The van der Waals surface area contributed by atoms with Gasteiger partial charge in [-0.3, -0.25) is 0 Å². The highest BCUT2D eigenvalue weighted by Gasteiger charge is 2.17. The summed E-state index contributed by atoms with van der Waals surface area (Å²) < 4.78 is 19.6. The monoisotopic (exact) mass is 224 g/mol. The molecule has 0 N–H and O–H groups in total. The van der Waals surface area contributed by atoms with Gasteiger partial charge < -0.3 is 4.74 Å². The van der Waals surface area contributed by atoms with Crippen molar-refractivity contribution in [2.75, 3.05) is 6.61 Å². The average Bonchev–Trinajstić information content (AvgIpc) is 2.16. The van der Waals surface area contributed by atoms with Gasteiger partial charge in [-0.15, -0.1) is 0 Å². The standard InChI is InChI=1S/C14H21FO/c1-5-7-13(16-6-2)14-11(4)8-10(3)9-12(14)15/h8-9,13H,5-7H2,1-4H3. The zero-order chi connectivity index (χ0) is 12.1. The van der Waals surface area contributed by atoms with Gasteiger partial charge in [-0.25, -0.2) is 4.39 Å². The Morgan fingerprint density at radius 2 is 1.94 bits per heavy atom. The maximum atomic E-state index is 13.9. The van der Waals surface area contributed by atoms with Gasteiger partial charge in [-0.2, -0.15) is 0 Å². The van der Waals surface area contributed by atoms with E-state index in [4.69, 9.17) is 4.74 Å². The second-order valence-corrected chi connectivity index (χ2v) is 4.21. The van der Waals surface area contributed by atoms with Crippen LogP contribution in [0.5, 0.6) is 0 Å². The van der Waals surface area contributed by atoms with Crippen LogP contribution in [0, 0.1) is 19.7 Å². The molecule has 0 aliphatic rings. The van der Waals surface area contributed by atoms with Crippen LogP contribution in [0.4, 0.5) is 4.39 Å². The average molecular weight is 224 g/mol. The quantitative estimate of drug-likeness (QED) is 0.723. The number of aryl methyl sites for hydroxylation is 2. The van der Waals surface area contributed by atoms with E-state index in [0.29, 0.717) is 6.61 Å². The number of ether oxygens (including phenoxy) is 1. The van der Waals surface area contributed by atoms with Crippen LogP contribution in [-0.2, 0) is 4.74 Å². The van der Waals surface area contributed by atoms with Crippen molar-refractivity contribution in [2.45, 2.75) is 46.6 Å². The van der Waals surface area contributed by atoms with Crippen molar-refractivity contribution in [3.05, 3.63) is 34.6 Å². The predicted molar refractivity (Wildman–Crippen MR) is 65.1 cm³/mol. The maximum absolute atomic E-state index is 13.9. The topological polar surface area (TPSA) is 9.23 Å². The zero-order valence-corrected chi connectivity index (χ0v) is 10.6. The van der Waals surface area contributed by atoms with E-state index in [1.165, 1.54) is 0 Å². The smallest absolute Gasteiger partial charge is 0.129 e. The van der Waals surface area contributed by atoms with Crippen LogP contribution >= 0.6 is 0 Å². The molecule has 1 nitrogen and oxygen atoms in total. The third kappa shape index (κ3) is 3.05. The van der Waals surface area contributed by atoms with Crippen molar-refractivity contribution in [2.24, 2.45) is 0 Å². The molecule has 16 heavy (non-hydrogen) atoms. The first-order valence-electron chi connectivity index (χ1n) is 5.98. The van der Waals surface area contributed by atoms with Crippen LogP contribution in [-0.4, -0.2) is 6.61 Å². The van der Waals surface area contributed by atoms with Crippen LogP contribution in [0.3, 0.4) is 0 Å². The fourth-order valence-corrected chi connectivity index (χ4v) is 2.11. The molecule has 1 aromatic carbocycles. The molecule has 0 radical (unpaired) electrons. The summed E-state index contributed by atoms with van der Waals surface area (Å²) in [5.41, 5.74) is 2.68. The van der Waals surface area contributed by atoms with E-state index in [9.17, 15) is 4.39 Å². The van der Waals surface area contributed by atoms with E-state index in [1.807, 2.05) is 26.8 Å². The number of halogens is 1. The lowest BCUT2D eigenvalue weighted by Gasteiger charge is -2.20. The van der Waals surface area contributed by atoms with Gasteiger partial charge in [-0.1, -0.05) is 19.4 Å². The van der Waals surface area contributed by atoms with Crippen LogP contribution in [0.2, 0.25) is 0 Å². The van der Waals surface area contributed by atoms with E-state index in [2.05, 4.69) is 6.92 Å². The highest BCUT2D eigenvalue weighted by molar-refractivity contribution is 5.33. The van der Waals surface area contributed by atoms with Crippen LogP contribution in [0.25, 0.3) is 0 Å². The normalized spacial score (nSPS) is 12.8. The summed E-state index contributed by atoms with van der Waals surface area (Å²) in [7, 11) is 0. The summed E-state index contributed by atoms with van der Waals surface area (Å²) in [6.45, 7) is 8.53. The third-order valence-corrected chi connectivity index (χ3v) is 2.72. The SMILES string of the molecule is CCCC(OCC)c1c(C)cc(C)cc1F. The fourth-order valence-electron chi connectivity index (χ4n) is 2.11. The minimum absolute atomic E-state index is 0.101. The molecule has 2 heteroatoms. The molecule has 0 aliphatic carbocycles. The molecule has 0 saturated heterocycles. The molecular formula is C14H21FO. The van der Waals surface area contributed by atoms with Crippen molar-refractivity contribution in [3.8, 4) is 0 Å². The van der Waals surface area contributed by atoms with E-state index in [0.717, 1.165) is 29.5 Å². The minimum Gasteiger partial charge on any atom is -0.374 e. The van der Waals surface area contributed by atoms with Crippen LogP contribution < -0.4 is 0 Å². The van der Waals surface area contributed by atoms with Crippen molar-refractivity contribution in [3.63, 3.8) is 0 Å². The molecule has 0 aliphatic heterocycles. The Kier molecular flexibility index (Phi) is 4.94. The lowest BCUT2D eigenvalue weighted by Crippen LogP contribution is -2.09. The number of hydrogen-bond donors (Lipinski definition) is 0. The Bertz CT molecular complexity index is 318. The highest BCUT2D eigenvalue weighted by Crippen LogP contribution is 2.29. The van der Waals surface area contributed by atoms with Crippen molar-refractivity contribution in [1.82, 2.24) is 0 Å². The van der Waals surface area contributed by atoms with Gasteiger partial charge in [0.05, 0.1) is 6.10 Å². The summed E-state index contributed by atoms with van der Waals surface area (Å²) >= 11 is 0. The Morgan fingerprint density at radius 3 is 2.44 bits per heavy atom. The van der Waals surface area contributed by atoms with E-state index < -0.39 is 0 Å². The van der Waals surface area contributed by atoms with Gasteiger partial charge in [0.15, 0.2) is 0 Å². The molecule has 0 aromatic heterocycles. The molecule has 0 fully saturated rings. The molecule has 1 unspecified atom stereocenters. The first-order valence-corrected chi connectivity index (χ1v) is 5.98. The van der Waals surface area contributed by atoms with Crippen molar-refractivity contribution >= 4 is 0 Å². The van der Waals surface area contributed by atoms with Crippen LogP contribution in [0.1, 0.15) is 49.5 Å². The molecule has 0 saturated carbocycles. The Labute approximate surface area is 97.6 Å². The molecule has 90 valence electrons. The molecule has 0 heterocycles. The lowest BCUT2D eigenvalue weighted by molar-refractivity contribution is 0.0527. The number of rotatable bonds is 5. The van der Waals surface area contributed by atoms with Gasteiger partial charge in [-0.05, 0) is 44.4 Å². The van der Waals surface area contributed by atoms with Crippen LogP contribution in [0.15, 0.2) is 12.1 Å². The third-order valence-electron chi connectivity index (χ3n) is 2.72. The second kappa shape index (κ2) is 6.00. The molecule has 1 rings (SSSR count). The van der Waals surface area contributed by atoms with Gasteiger partial charge in [0, 0.05) is 12.2 Å². The summed E-state index contributed by atoms with van der Waals surface area (Å²) in [6, 6.07) is 3.60. The Balaban J connectivity index is 3.07. The second-order valence-electron chi connectivity index (χ2n) is 4.21. The van der Waals surface area contributed by atoms with Crippen molar-refractivity contribution in [1.29, 1.82) is 0 Å². The van der Waals surface area contributed by atoms with Gasteiger partial charge in [0.1, 0.15) is 5.82 Å². The van der Waals surface area contributed by atoms with E-state index in [-0.39, 0.29) is 11.9 Å². The zero-order valence-electron chi connectivity index (χ0n) is 10.6. The first kappa shape index (κ1) is 13.2. The summed E-state index contributed by atoms with van der Waals surface area (Å²) in [6.07, 6.45) is 1.77. The molecule has 1 aromatic rings. The Morgan fingerprint density at radius 1 is 1.25 bits per heavy atom. The van der Waals surface area contributed by atoms with Gasteiger partial charge >= 0.3 is 0 Å². The van der Waals surface area contributed by atoms with E-state index in [1.54, 1.807) is 6.07 Å². The largest absolute Gasteiger partial charge is 0.374 e. The maximum Gasteiger partial charge on any atom is 0.129 e. The summed E-state index contributed by atoms with van der Waals surface area (Å²) in [5.74, 6) is -0.135. The van der Waals surface area contributed by atoms with Gasteiger partial charge in [0.2, 0.25) is 0 Å². The highest BCUT2D eigenvalue weighted by atomic mass is 19.1. The summed E-state index contributed by atoms with van der Waals surface area (Å²) in [4.78, 5) is 0. The number of hydrogen-bond acceptors (Lipinski definition) is 1. The predicted octanol–water partition coefficient (Wildman–Crippen LogP) is 4.32. The lowest BCUT2D eigenvalue weighted by atomic mass is 9.97. The summed E-state index contributed by atoms with van der Waals surface area (Å²) in [5, 5.41) is 0. The fraction of sp³-hybridized carbons (Fsp3) is 0.571. The number of benzene rings is 1. The van der Waals surface area contributed by atoms with Crippen molar-refractivity contribution < 1.29 is 9.13 Å². The molecule has 1 atom stereocenters. The minimum atomic E-state index is -0.135. The van der Waals surface area contributed by atoms with E-state index >= 15 is 0 Å². The molecule has 0 amide bonds. The first-order chi connectivity index (χ1) is 7.60. The Hall–Kier alpha value is -0.890.